The minimum Gasteiger partial charge on any atom is -0.300 e. The van der Waals surface area contributed by atoms with E-state index in [1.165, 1.54) is 28.7 Å². The third-order valence-electron chi connectivity index (χ3n) is 6.31. The number of benzene rings is 2. The zero-order chi connectivity index (χ0) is 19.8. The average Bonchev–Trinajstić information content (AvgIpc) is 3.23. The van der Waals surface area contributed by atoms with Crippen LogP contribution < -0.4 is 5.32 Å². The number of aryl methyl sites for hydroxylation is 2. The zero-order valence-electron chi connectivity index (χ0n) is 17.7. The number of fused-ring (bicyclic) bond motifs is 3. The molecule has 142 valence electrons. The summed E-state index contributed by atoms with van der Waals surface area (Å²) in [6.07, 6.45) is 5.67. The van der Waals surface area contributed by atoms with E-state index in [4.69, 9.17) is 0 Å². The molecule has 0 aromatic heterocycles. The van der Waals surface area contributed by atoms with Crippen LogP contribution in [0.4, 0.5) is 0 Å². The molecule has 2 aromatic rings. The van der Waals surface area contributed by atoms with Crippen LogP contribution in [0.2, 0.25) is 0 Å². The first-order chi connectivity index (χ1) is 12.8. The van der Waals surface area contributed by atoms with E-state index in [1.807, 2.05) is 19.9 Å². The molecular formula is C26H33N. The molecule has 1 heteroatoms. The molecule has 4 rings (SSSR count). The molecule has 2 aliphatic rings. The Bertz CT molecular complexity index is 877. The van der Waals surface area contributed by atoms with Gasteiger partial charge in [-0.15, -0.1) is 0 Å². The van der Waals surface area contributed by atoms with Crippen molar-refractivity contribution in [2.24, 2.45) is 0 Å². The predicted molar refractivity (Wildman–Crippen MR) is 118 cm³/mol. The van der Waals surface area contributed by atoms with Gasteiger partial charge in [-0.25, -0.2) is 0 Å². The lowest BCUT2D eigenvalue weighted by molar-refractivity contribution is 0.410. The van der Waals surface area contributed by atoms with E-state index in [2.05, 4.69) is 88.1 Å². The van der Waals surface area contributed by atoms with Gasteiger partial charge in [-0.1, -0.05) is 87.5 Å². The molecule has 3 unspecified atom stereocenters. The van der Waals surface area contributed by atoms with Gasteiger partial charge in [0.05, 0.1) is 6.04 Å². The maximum absolute atomic E-state index is 4.25. The Hall–Kier alpha value is -2.12. The van der Waals surface area contributed by atoms with Gasteiger partial charge in [-0.2, -0.15) is 0 Å². The van der Waals surface area contributed by atoms with Gasteiger partial charge in [0.15, 0.2) is 0 Å². The van der Waals surface area contributed by atoms with Gasteiger partial charge < -0.3 is 5.32 Å². The fourth-order valence-corrected chi connectivity index (χ4v) is 4.77. The van der Waals surface area contributed by atoms with E-state index in [-0.39, 0.29) is 17.0 Å². The van der Waals surface area contributed by atoms with Crippen molar-refractivity contribution < 1.29 is 0 Å². The highest BCUT2D eigenvalue weighted by molar-refractivity contribution is 5.72. The summed E-state index contributed by atoms with van der Waals surface area (Å²) < 4.78 is 0. The molecule has 2 aromatic carbocycles. The first kappa shape index (κ1) is 19.6. The molecular weight excluding hydrogens is 326 g/mol. The minimum absolute atomic E-state index is 0.198. The maximum Gasteiger partial charge on any atom is 0.0517 e. The van der Waals surface area contributed by atoms with Gasteiger partial charge in [-0.3, -0.25) is 0 Å². The van der Waals surface area contributed by atoms with Crippen LogP contribution in [0.25, 0.3) is 5.57 Å². The molecule has 1 nitrogen and oxygen atoms in total. The maximum atomic E-state index is 4.25. The molecule has 27 heavy (non-hydrogen) atoms. The quantitative estimate of drug-likeness (QED) is 0.604. The molecule has 1 heterocycles. The van der Waals surface area contributed by atoms with Crippen LogP contribution in [0, 0.1) is 13.8 Å². The highest BCUT2D eigenvalue weighted by Crippen LogP contribution is 2.62. The van der Waals surface area contributed by atoms with E-state index in [1.54, 1.807) is 5.56 Å². The Morgan fingerprint density at radius 2 is 1.78 bits per heavy atom. The summed E-state index contributed by atoms with van der Waals surface area (Å²) in [4.78, 5) is 0. The monoisotopic (exact) mass is 359 g/mol. The third kappa shape index (κ3) is 3.30. The van der Waals surface area contributed by atoms with E-state index in [9.17, 15) is 0 Å². The van der Waals surface area contributed by atoms with Crippen LogP contribution in [0.3, 0.4) is 0 Å². The average molecular weight is 360 g/mol. The molecule has 1 aliphatic heterocycles. The SMILES string of the molecule is C=C(/C=C\C1NC2(C)CC2(C)c2c(C)cc(C)cc21)c1ccccc1.CC. The van der Waals surface area contributed by atoms with Crippen molar-refractivity contribution >= 4 is 5.57 Å². The lowest BCUT2D eigenvalue weighted by Gasteiger charge is -2.36. The smallest absolute Gasteiger partial charge is 0.0517 e. The predicted octanol–water partition coefficient (Wildman–Crippen LogP) is 6.66. The number of nitrogens with one attached hydrogen (secondary N) is 1. The summed E-state index contributed by atoms with van der Waals surface area (Å²) in [6, 6.07) is 15.3. The van der Waals surface area contributed by atoms with Gasteiger partial charge in [0.1, 0.15) is 0 Å². The van der Waals surface area contributed by atoms with E-state index < -0.39 is 0 Å². The Balaban J connectivity index is 0.00000102. The normalized spacial score (nSPS) is 28.0. The number of hydrogen-bond donors (Lipinski definition) is 1. The van der Waals surface area contributed by atoms with E-state index >= 15 is 0 Å². The molecule has 1 fully saturated rings. The van der Waals surface area contributed by atoms with Gasteiger partial charge in [0, 0.05) is 11.0 Å². The fraction of sp³-hybridized carbons (Fsp3) is 0.385. The van der Waals surface area contributed by atoms with E-state index in [0.717, 1.165) is 5.57 Å². The van der Waals surface area contributed by atoms with Crippen molar-refractivity contribution in [1.82, 2.24) is 5.32 Å². The summed E-state index contributed by atoms with van der Waals surface area (Å²) in [5.41, 5.74) is 8.46. The molecule has 0 spiro atoms. The van der Waals surface area contributed by atoms with Gasteiger partial charge in [0.25, 0.3) is 0 Å². The molecule has 1 saturated carbocycles. The standard InChI is InChI=1S/C24H27N.C2H6/c1-16-13-18(3)22-20(14-16)21(25-24(5)15-23(22,24)4)12-11-17(2)19-9-7-6-8-10-19;1-2/h6-14,21,25H,2,15H2,1,3-5H3;1-2H3/b12-11-;. The zero-order valence-corrected chi connectivity index (χ0v) is 17.7. The highest BCUT2D eigenvalue weighted by Gasteiger charge is 2.65. The second-order valence-electron chi connectivity index (χ2n) is 8.26. The molecule has 3 atom stereocenters. The summed E-state index contributed by atoms with van der Waals surface area (Å²) in [7, 11) is 0. The van der Waals surface area contributed by atoms with Crippen LogP contribution in [0.15, 0.2) is 61.2 Å². The molecule has 0 bridgehead atoms. The van der Waals surface area contributed by atoms with Crippen LogP contribution in [-0.4, -0.2) is 5.54 Å². The minimum atomic E-state index is 0.198. The number of hydrogen-bond acceptors (Lipinski definition) is 1. The topological polar surface area (TPSA) is 12.0 Å². The van der Waals surface area contributed by atoms with Crippen molar-refractivity contribution in [1.29, 1.82) is 0 Å². The number of allylic oxidation sites excluding steroid dienone is 2. The van der Waals surface area contributed by atoms with Crippen molar-refractivity contribution in [2.45, 2.75) is 65.0 Å². The molecule has 0 saturated heterocycles. The van der Waals surface area contributed by atoms with Crippen LogP contribution in [0.5, 0.6) is 0 Å². The summed E-state index contributed by atoms with van der Waals surface area (Å²) >= 11 is 0. The Morgan fingerprint density at radius 3 is 2.44 bits per heavy atom. The summed E-state index contributed by atoms with van der Waals surface area (Å²) in [5, 5.41) is 3.90. The molecule has 0 radical (unpaired) electrons. The highest BCUT2D eigenvalue weighted by atomic mass is 15.1. The van der Waals surface area contributed by atoms with Gasteiger partial charge in [-0.05, 0) is 55.0 Å². The summed E-state index contributed by atoms with van der Waals surface area (Å²) in [5.74, 6) is 0. The summed E-state index contributed by atoms with van der Waals surface area (Å²) in [6.45, 7) is 17.5. The Kier molecular flexibility index (Phi) is 5.18. The second kappa shape index (κ2) is 7.13. The van der Waals surface area contributed by atoms with Crippen molar-refractivity contribution in [3.8, 4) is 0 Å². The van der Waals surface area contributed by atoms with Crippen LogP contribution in [0.1, 0.15) is 68.0 Å². The lowest BCUT2D eigenvalue weighted by Crippen LogP contribution is -2.42. The van der Waals surface area contributed by atoms with Crippen molar-refractivity contribution in [2.75, 3.05) is 0 Å². The Morgan fingerprint density at radius 1 is 1.11 bits per heavy atom. The van der Waals surface area contributed by atoms with Crippen molar-refractivity contribution in [3.05, 3.63) is 89.0 Å². The van der Waals surface area contributed by atoms with Gasteiger partial charge in [0.2, 0.25) is 0 Å². The van der Waals surface area contributed by atoms with Crippen molar-refractivity contribution in [3.63, 3.8) is 0 Å². The lowest BCUT2D eigenvalue weighted by atomic mass is 9.79. The first-order valence-electron chi connectivity index (χ1n) is 10.2. The first-order valence-corrected chi connectivity index (χ1v) is 10.2. The largest absolute Gasteiger partial charge is 0.300 e. The second-order valence-corrected chi connectivity index (χ2v) is 8.26. The fourth-order valence-electron chi connectivity index (χ4n) is 4.77. The molecule has 1 aliphatic carbocycles. The van der Waals surface area contributed by atoms with Crippen LogP contribution in [-0.2, 0) is 5.41 Å². The van der Waals surface area contributed by atoms with E-state index in [0.29, 0.717) is 0 Å². The third-order valence-corrected chi connectivity index (χ3v) is 6.31. The van der Waals surface area contributed by atoms with Gasteiger partial charge >= 0.3 is 0 Å². The molecule has 0 amide bonds. The Labute approximate surface area is 165 Å². The number of rotatable bonds is 3. The molecule has 1 N–H and O–H groups in total. The van der Waals surface area contributed by atoms with Crippen LogP contribution >= 0.6 is 0 Å².